The molecule has 0 saturated heterocycles. The summed E-state index contributed by atoms with van der Waals surface area (Å²) in [6, 6.07) is 14.4. The largest absolute Gasteiger partial charge is 0.362 e. The van der Waals surface area contributed by atoms with E-state index in [2.05, 4.69) is 16.7 Å². The molecule has 7 heteroatoms. The van der Waals surface area contributed by atoms with Crippen LogP contribution < -0.4 is 15.5 Å². The highest BCUT2D eigenvalue weighted by atomic mass is 35.5. The molecule has 3 aromatic rings. The Balaban J connectivity index is 0.00000289. The van der Waals surface area contributed by atoms with Crippen LogP contribution in [0, 0.1) is 5.92 Å². The van der Waals surface area contributed by atoms with Gasteiger partial charge in [-0.05, 0) is 68.0 Å². The molecule has 0 bridgehead atoms. The summed E-state index contributed by atoms with van der Waals surface area (Å²) in [7, 11) is 4.05. The van der Waals surface area contributed by atoms with E-state index in [9.17, 15) is 0 Å². The third-order valence-corrected chi connectivity index (χ3v) is 6.67. The molecule has 1 fully saturated rings. The van der Waals surface area contributed by atoms with Crippen molar-refractivity contribution in [3.63, 3.8) is 0 Å². The number of anilines is 2. The molecule has 2 aromatic carbocycles. The number of aromatic nitrogens is 2. The molecule has 32 heavy (non-hydrogen) atoms. The Morgan fingerprint density at radius 3 is 2.44 bits per heavy atom. The van der Waals surface area contributed by atoms with Gasteiger partial charge in [-0.1, -0.05) is 48.8 Å². The Labute approximate surface area is 201 Å². The maximum atomic E-state index is 6.10. The molecule has 1 heterocycles. The predicted octanol–water partition coefficient (Wildman–Crippen LogP) is 6.40. The Morgan fingerprint density at radius 1 is 0.969 bits per heavy atom. The van der Waals surface area contributed by atoms with Crippen molar-refractivity contribution in [1.82, 2.24) is 15.3 Å². The standard InChI is InChI=1S/C24H29Cl2N5.CH4/c1-31(2)23-19-5-3-4-6-22(19)29-24(30-23)28-18-10-7-16(8-11-18)14-27-15-17-9-12-20(25)21(26)13-17;/h3-6,9,12-13,16,18,27H,7-8,10-11,14-15H2,1-2H3,(H,28,29,30);1H4. The number of benzene rings is 2. The number of nitrogens with zero attached hydrogens (tertiary/aromatic N) is 3. The van der Waals surface area contributed by atoms with Gasteiger partial charge in [-0.3, -0.25) is 0 Å². The minimum atomic E-state index is 0. The summed E-state index contributed by atoms with van der Waals surface area (Å²) in [6.45, 7) is 1.83. The van der Waals surface area contributed by atoms with Gasteiger partial charge >= 0.3 is 0 Å². The van der Waals surface area contributed by atoms with E-state index in [-0.39, 0.29) is 7.43 Å². The highest BCUT2D eigenvalue weighted by molar-refractivity contribution is 6.42. The van der Waals surface area contributed by atoms with Gasteiger partial charge in [-0.15, -0.1) is 0 Å². The zero-order chi connectivity index (χ0) is 21.8. The van der Waals surface area contributed by atoms with Crippen LogP contribution in [-0.4, -0.2) is 36.6 Å². The Morgan fingerprint density at radius 2 is 1.72 bits per heavy atom. The monoisotopic (exact) mass is 473 g/mol. The Hall–Kier alpha value is -2.08. The van der Waals surface area contributed by atoms with Crippen LogP contribution in [0.5, 0.6) is 0 Å². The third-order valence-electron chi connectivity index (χ3n) is 5.93. The van der Waals surface area contributed by atoms with Crippen molar-refractivity contribution in [2.45, 2.75) is 45.7 Å². The average molecular weight is 474 g/mol. The molecule has 4 rings (SSSR count). The zero-order valence-corrected chi connectivity index (χ0v) is 19.5. The topological polar surface area (TPSA) is 53.1 Å². The second-order valence-electron chi connectivity index (χ2n) is 8.52. The van der Waals surface area contributed by atoms with E-state index in [1.807, 2.05) is 55.4 Å². The molecule has 0 spiro atoms. The van der Waals surface area contributed by atoms with E-state index in [0.29, 0.717) is 22.0 Å². The summed E-state index contributed by atoms with van der Waals surface area (Å²) in [5.74, 6) is 2.37. The van der Waals surface area contributed by atoms with E-state index in [4.69, 9.17) is 33.2 Å². The molecule has 0 radical (unpaired) electrons. The van der Waals surface area contributed by atoms with Gasteiger partial charge in [0.25, 0.3) is 0 Å². The van der Waals surface area contributed by atoms with Crippen LogP contribution in [0.2, 0.25) is 10.0 Å². The van der Waals surface area contributed by atoms with Crippen molar-refractivity contribution < 1.29 is 0 Å². The van der Waals surface area contributed by atoms with Crippen molar-refractivity contribution in [3.8, 4) is 0 Å². The lowest BCUT2D eigenvalue weighted by molar-refractivity contribution is 0.324. The number of para-hydroxylation sites is 1. The SMILES string of the molecule is C.CN(C)c1nc(NC2CCC(CNCc3ccc(Cl)c(Cl)c3)CC2)nc2ccccc12. The highest BCUT2D eigenvalue weighted by Gasteiger charge is 2.22. The highest BCUT2D eigenvalue weighted by Crippen LogP contribution is 2.28. The number of fused-ring (bicyclic) bond motifs is 1. The fourth-order valence-corrected chi connectivity index (χ4v) is 4.55. The summed E-state index contributed by atoms with van der Waals surface area (Å²) in [5, 5.41) is 9.45. The van der Waals surface area contributed by atoms with Crippen LogP contribution in [0.1, 0.15) is 38.7 Å². The molecule has 5 nitrogen and oxygen atoms in total. The summed E-state index contributed by atoms with van der Waals surface area (Å²) >= 11 is 12.1. The van der Waals surface area contributed by atoms with Crippen LogP contribution in [0.25, 0.3) is 10.9 Å². The minimum absolute atomic E-state index is 0. The van der Waals surface area contributed by atoms with Crippen LogP contribution in [-0.2, 0) is 6.54 Å². The van der Waals surface area contributed by atoms with Crippen molar-refractivity contribution in [1.29, 1.82) is 0 Å². The van der Waals surface area contributed by atoms with E-state index in [1.165, 1.54) is 12.8 Å². The molecular formula is C25H33Cl2N5. The number of halogens is 2. The fraction of sp³-hybridized carbons (Fsp3) is 0.440. The molecule has 172 valence electrons. The normalized spacial score (nSPS) is 18.2. The van der Waals surface area contributed by atoms with Crippen LogP contribution >= 0.6 is 23.2 Å². The maximum absolute atomic E-state index is 6.10. The van der Waals surface area contributed by atoms with E-state index >= 15 is 0 Å². The summed E-state index contributed by atoms with van der Waals surface area (Å²) in [5.41, 5.74) is 2.14. The lowest BCUT2D eigenvalue weighted by Gasteiger charge is -2.29. The second kappa shape index (κ2) is 11.2. The van der Waals surface area contributed by atoms with Gasteiger partial charge in [-0.25, -0.2) is 4.98 Å². The molecule has 0 amide bonds. The van der Waals surface area contributed by atoms with Crippen molar-refractivity contribution in [2.24, 2.45) is 5.92 Å². The number of nitrogens with one attached hydrogen (secondary N) is 2. The van der Waals surface area contributed by atoms with Gasteiger partial charge in [0, 0.05) is 32.1 Å². The molecule has 1 aliphatic rings. The third kappa shape index (κ3) is 6.03. The van der Waals surface area contributed by atoms with E-state index in [0.717, 1.165) is 54.2 Å². The molecule has 0 unspecified atom stereocenters. The number of rotatable bonds is 7. The fourth-order valence-electron chi connectivity index (χ4n) is 4.23. The quantitative estimate of drug-likeness (QED) is 0.415. The van der Waals surface area contributed by atoms with Crippen molar-refractivity contribution in [2.75, 3.05) is 30.9 Å². The smallest absolute Gasteiger partial charge is 0.225 e. The summed E-state index contributed by atoms with van der Waals surface area (Å²) < 4.78 is 0. The molecular weight excluding hydrogens is 441 g/mol. The van der Waals surface area contributed by atoms with Gasteiger partial charge in [0.2, 0.25) is 5.95 Å². The van der Waals surface area contributed by atoms with Gasteiger partial charge in [0.05, 0.1) is 15.6 Å². The second-order valence-corrected chi connectivity index (χ2v) is 9.34. The molecule has 2 N–H and O–H groups in total. The molecule has 0 atom stereocenters. The van der Waals surface area contributed by atoms with Crippen molar-refractivity contribution in [3.05, 3.63) is 58.1 Å². The lowest BCUT2D eigenvalue weighted by atomic mass is 9.86. The predicted molar refractivity (Wildman–Crippen MR) is 138 cm³/mol. The number of hydrogen-bond acceptors (Lipinski definition) is 5. The van der Waals surface area contributed by atoms with Crippen molar-refractivity contribution >= 4 is 45.9 Å². The van der Waals surface area contributed by atoms with Gasteiger partial charge in [0.1, 0.15) is 5.82 Å². The molecule has 1 aromatic heterocycles. The summed E-state index contributed by atoms with van der Waals surface area (Å²) in [6.07, 6.45) is 4.65. The summed E-state index contributed by atoms with van der Waals surface area (Å²) in [4.78, 5) is 11.6. The Kier molecular flexibility index (Phi) is 8.57. The minimum Gasteiger partial charge on any atom is -0.362 e. The van der Waals surface area contributed by atoms with Gasteiger partial charge in [0.15, 0.2) is 0 Å². The van der Waals surface area contributed by atoms with E-state index in [1.54, 1.807) is 0 Å². The first-order chi connectivity index (χ1) is 15.0. The number of hydrogen-bond donors (Lipinski definition) is 2. The van der Waals surface area contributed by atoms with Crippen LogP contribution in [0.3, 0.4) is 0 Å². The van der Waals surface area contributed by atoms with E-state index < -0.39 is 0 Å². The van der Waals surface area contributed by atoms with Gasteiger partial charge < -0.3 is 15.5 Å². The Bertz CT molecular complexity index is 1030. The molecule has 1 saturated carbocycles. The molecule has 1 aliphatic carbocycles. The van der Waals surface area contributed by atoms with Crippen LogP contribution in [0.15, 0.2) is 42.5 Å². The lowest BCUT2D eigenvalue weighted by Crippen LogP contribution is -2.31. The first kappa shape index (κ1) is 24.6. The first-order valence-corrected chi connectivity index (χ1v) is 11.6. The average Bonchev–Trinajstić information content (AvgIpc) is 2.77. The molecule has 0 aliphatic heterocycles. The van der Waals surface area contributed by atoms with Gasteiger partial charge in [-0.2, -0.15) is 4.98 Å². The van der Waals surface area contributed by atoms with Crippen LogP contribution in [0.4, 0.5) is 11.8 Å². The maximum Gasteiger partial charge on any atom is 0.225 e. The first-order valence-electron chi connectivity index (χ1n) is 10.8. The zero-order valence-electron chi connectivity index (χ0n) is 18.0.